The largest absolute Gasteiger partial charge is 0.872 e. The Bertz CT molecular complexity index is 551. The average Bonchev–Trinajstić information content (AvgIpc) is 2.88. The first-order chi connectivity index (χ1) is 17.4. The molecule has 0 N–H and O–H groups in total. The van der Waals surface area contributed by atoms with Crippen molar-refractivity contribution in [2.45, 2.75) is 156 Å². The van der Waals surface area contributed by atoms with Crippen molar-refractivity contribution in [1.29, 1.82) is 0 Å². The molecule has 1 aromatic rings. The molecule has 36 heavy (non-hydrogen) atoms. The molecule has 0 radical (unpaired) electrons. The molecule has 0 aromatic heterocycles. The van der Waals surface area contributed by atoms with Gasteiger partial charge in [-0.05, 0) is 38.2 Å². The van der Waals surface area contributed by atoms with Crippen molar-refractivity contribution in [3.63, 3.8) is 0 Å². The van der Waals surface area contributed by atoms with Gasteiger partial charge in [0.15, 0.2) is 0 Å². The summed E-state index contributed by atoms with van der Waals surface area (Å²) >= 11 is 0. The quantitative estimate of drug-likeness (QED) is 0.108. The normalized spacial score (nSPS) is 11.4. The molecule has 0 spiro atoms. The van der Waals surface area contributed by atoms with Gasteiger partial charge in [-0.2, -0.15) is 0 Å². The fraction of sp³-hybridized carbons (Fsp3) is 0.824. The zero-order chi connectivity index (χ0) is 26.7. The fourth-order valence-corrected chi connectivity index (χ4v) is 4.66. The highest BCUT2D eigenvalue weighted by Gasteiger charge is 2.09. The predicted molar refractivity (Wildman–Crippen MR) is 161 cm³/mol. The Balaban J connectivity index is 0.000000717. The molecule has 212 valence electrons. The molecule has 0 unspecified atom stereocenters. The Morgan fingerprint density at radius 3 is 1.25 bits per heavy atom. The maximum Gasteiger partial charge on any atom is 0.0782 e. The van der Waals surface area contributed by atoms with E-state index >= 15 is 0 Å². The number of unbranched alkanes of at least 4 members (excludes halogenated alkanes) is 18. The van der Waals surface area contributed by atoms with Gasteiger partial charge in [0, 0.05) is 0 Å². The Morgan fingerprint density at radius 2 is 0.861 bits per heavy atom. The molecule has 1 rings (SSSR count). The highest BCUT2D eigenvalue weighted by molar-refractivity contribution is 5.24. The summed E-state index contributed by atoms with van der Waals surface area (Å²) < 4.78 is 1.19. The third-order valence-corrected chi connectivity index (χ3v) is 7.72. The lowest BCUT2D eigenvalue weighted by molar-refractivity contribution is -0.888. The number of hydrogen-bond acceptors (Lipinski definition) is 1. The zero-order valence-electron chi connectivity index (χ0n) is 25.4. The molecule has 0 aliphatic rings. The van der Waals surface area contributed by atoms with Crippen molar-refractivity contribution in [3.05, 3.63) is 29.8 Å². The lowest BCUT2D eigenvalue weighted by Gasteiger charge is -2.28. The Kier molecular flexibility index (Phi) is 24.9. The van der Waals surface area contributed by atoms with Crippen molar-refractivity contribution >= 4 is 0 Å². The first-order valence-corrected chi connectivity index (χ1v) is 16.0. The van der Waals surface area contributed by atoms with E-state index in [1.165, 1.54) is 152 Å². The summed E-state index contributed by atoms with van der Waals surface area (Å²) in [6.45, 7) is 9.45. The van der Waals surface area contributed by atoms with Crippen LogP contribution in [0.1, 0.15) is 155 Å². The molecule has 0 bridgehead atoms. The van der Waals surface area contributed by atoms with E-state index in [4.69, 9.17) is 0 Å². The van der Waals surface area contributed by atoms with Gasteiger partial charge >= 0.3 is 0 Å². The maximum absolute atomic E-state index is 10.9. The van der Waals surface area contributed by atoms with Gasteiger partial charge in [-0.15, -0.1) is 5.75 Å². The minimum absolute atomic E-state index is 0.113. The van der Waals surface area contributed by atoms with Crippen molar-refractivity contribution in [2.24, 2.45) is 0 Å². The molecule has 0 saturated heterocycles. The van der Waals surface area contributed by atoms with Crippen LogP contribution in [0.3, 0.4) is 0 Å². The van der Waals surface area contributed by atoms with Crippen molar-refractivity contribution < 1.29 is 9.59 Å². The summed E-state index contributed by atoms with van der Waals surface area (Å²) in [5, 5.41) is 10.9. The van der Waals surface area contributed by atoms with E-state index in [1.807, 2.05) is 12.1 Å². The van der Waals surface area contributed by atoms with E-state index in [2.05, 4.69) is 34.9 Å². The average molecular weight is 504 g/mol. The second-order valence-electron chi connectivity index (χ2n) is 11.7. The number of hydrogen-bond donors (Lipinski definition) is 0. The molecule has 0 atom stereocenters. The second kappa shape index (κ2) is 25.6. The van der Waals surface area contributed by atoms with E-state index in [0.717, 1.165) is 6.42 Å². The molecule has 0 heterocycles. The highest BCUT2D eigenvalue weighted by Crippen LogP contribution is 2.14. The molecule has 0 saturated carbocycles. The van der Waals surface area contributed by atoms with Gasteiger partial charge in [0.05, 0.1) is 27.2 Å². The van der Waals surface area contributed by atoms with E-state index in [9.17, 15) is 5.11 Å². The van der Waals surface area contributed by atoms with Crippen LogP contribution in [0.2, 0.25) is 0 Å². The number of benzene rings is 1. The number of rotatable bonds is 23. The van der Waals surface area contributed by atoms with Crippen molar-refractivity contribution in [1.82, 2.24) is 0 Å². The molecule has 0 aliphatic heterocycles. The first kappa shape index (κ1) is 35.0. The fourth-order valence-electron chi connectivity index (χ4n) is 4.66. The van der Waals surface area contributed by atoms with Crippen LogP contribution in [-0.2, 0) is 6.42 Å². The van der Waals surface area contributed by atoms with Gasteiger partial charge in [0.1, 0.15) is 0 Å². The Morgan fingerprint density at radius 1 is 0.500 bits per heavy atom. The Hall–Kier alpha value is -1.02. The topological polar surface area (TPSA) is 23.1 Å². The number of quaternary nitrogens is 1. The van der Waals surface area contributed by atoms with Gasteiger partial charge in [-0.25, -0.2) is 0 Å². The van der Waals surface area contributed by atoms with Crippen LogP contribution in [0.4, 0.5) is 0 Å². The molecular weight excluding hydrogens is 438 g/mol. The molecule has 2 heteroatoms. The van der Waals surface area contributed by atoms with Crippen LogP contribution in [0.5, 0.6) is 5.75 Å². The lowest BCUT2D eigenvalue weighted by Crippen LogP contribution is -2.39. The van der Waals surface area contributed by atoms with Crippen LogP contribution in [-0.4, -0.2) is 31.7 Å². The number of aryl methyl sites for hydroxylation is 1. The summed E-state index contributed by atoms with van der Waals surface area (Å²) in [7, 11) is 4.70. The minimum atomic E-state index is 0.113. The molecule has 0 amide bonds. The summed E-state index contributed by atoms with van der Waals surface area (Å²) in [4.78, 5) is 0. The van der Waals surface area contributed by atoms with Gasteiger partial charge in [-0.1, -0.05) is 147 Å². The van der Waals surface area contributed by atoms with Gasteiger partial charge in [0.25, 0.3) is 0 Å². The smallest absolute Gasteiger partial charge is 0.0782 e. The van der Waals surface area contributed by atoms with E-state index in [-0.39, 0.29) is 5.75 Å². The van der Waals surface area contributed by atoms with Crippen LogP contribution in [0, 0.1) is 0 Å². The highest BCUT2D eigenvalue weighted by atomic mass is 16.3. The Labute approximate surface area is 227 Å². The third-order valence-electron chi connectivity index (χ3n) is 7.72. The maximum atomic E-state index is 10.9. The monoisotopic (exact) mass is 504 g/mol. The van der Waals surface area contributed by atoms with E-state index < -0.39 is 0 Å². The molecule has 0 fully saturated rings. The second-order valence-corrected chi connectivity index (χ2v) is 11.7. The molecule has 0 aliphatic carbocycles. The summed E-state index contributed by atoms with van der Waals surface area (Å²) in [5.41, 5.74) is 1.30. The lowest BCUT2D eigenvalue weighted by atomic mass is 10.0. The van der Waals surface area contributed by atoms with Crippen LogP contribution < -0.4 is 5.11 Å². The van der Waals surface area contributed by atoms with Crippen LogP contribution >= 0.6 is 0 Å². The summed E-state index contributed by atoms with van der Waals surface area (Å²) in [6.07, 6.45) is 29.5. The molecule has 2 nitrogen and oxygen atoms in total. The summed E-state index contributed by atoms with van der Waals surface area (Å²) in [5.74, 6) is 0.113. The molecule has 1 aromatic carbocycles. The van der Waals surface area contributed by atoms with Crippen LogP contribution in [0.15, 0.2) is 24.3 Å². The standard InChI is InChI=1S/C20H44N.C14H22O/c1-5-7-8-9-10-11-12-13-14-15-16-17-18-19-20-21(3,4)6-2;1-2-3-4-5-6-7-8-13-9-11-14(15)12-10-13/h5-20H2,1-4H3;9-12,15H,2-8H2,1H3/q+1;/p-1. The minimum Gasteiger partial charge on any atom is -0.872 e. The predicted octanol–water partition coefficient (Wildman–Crippen LogP) is 10.2. The first-order valence-electron chi connectivity index (χ1n) is 16.0. The third kappa shape index (κ3) is 24.7. The molecular formula is C34H65NO. The van der Waals surface area contributed by atoms with Crippen molar-refractivity contribution in [2.75, 3.05) is 27.2 Å². The van der Waals surface area contributed by atoms with E-state index in [1.54, 1.807) is 12.1 Å². The SMILES string of the molecule is CCCCCCCCCCCCCCCC[N+](C)(C)CC.CCCCCCCCc1ccc([O-])cc1. The number of nitrogens with zero attached hydrogens (tertiary/aromatic N) is 1. The summed E-state index contributed by atoms with van der Waals surface area (Å²) in [6, 6.07) is 7.22. The van der Waals surface area contributed by atoms with Crippen LogP contribution in [0.25, 0.3) is 0 Å². The van der Waals surface area contributed by atoms with Gasteiger partial charge in [0.2, 0.25) is 0 Å². The zero-order valence-corrected chi connectivity index (χ0v) is 25.4. The van der Waals surface area contributed by atoms with E-state index in [0.29, 0.717) is 0 Å². The van der Waals surface area contributed by atoms with Gasteiger partial charge < -0.3 is 9.59 Å². The van der Waals surface area contributed by atoms with Gasteiger partial charge in [-0.3, -0.25) is 0 Å². The van der Waals surface area contributed by atoms with Crippen molar-refractivity contribution in [3.8, 4) is 5.75 Å².